The van der Waals surface area contributed by atoms with Gasteiger partial charge in [-0.3, -0.25) is 14.4 Å². The minimum atomic E-state index is -0.691. The van der Waals surface area contributed by atoms with Crippen LogP contribution in [-0.2, 0) is 22.6 Å². The van der Waals surface area contributed by atoms with Gasteiger partial charge in [-0.1, -0.05) is 31.0 Å². The largest absolute Gasteiger partial charge is 0.487 e. The van der Waals surface area contributed by atoms with Crippen molar-refractivity contribution in [1.82, 2.24) is 14.3 Å². The molecule has 0 saturated carbocycles. The SMILES string of the molecule is CCCCOc1c(=O)c(C(=O)NC)cn2c(COCOC)cn(Cc3ccc(F)c(Cl)c3)c(=O)c12. The van der Waals surface area contributed by atoms with Crippen molar-refractivity contribution in [2.24, 2.45) is 0 Å². The molecule has 0 fully saturated rings. The third-order valence-electron chi connectivity index (χ3n) is 5.25. The first-order valence-electron chi connectivity index (χ1n) is 11.0. The number of hydrogen-bond acceptors (Lipinski definition) is 6. The number of amides is 1. The van der Waals surface area contributed by atoms with Gasteiger partial charge in [0.15, 0.2) is 11.3 Å². The fraction of sp³-hybridized carbons (Fsp3) is 0.375. The fourth-order valence-electron chi connectivity index (χ4n) is 3.49. The summed E-state index contributed by atoms with van der Waals surface area (Å²) in [6, 6.07) is 4.15. The van der Waals surface area contributed by atoms with Gasteiger partial charge in [0.25, 0.3) is 11.5 Å². The number of pyridine rings is 1. The Bertz CT molecular complexity index is 1340. The number of rotatable bonds is 11. The van der Waals surface area contributed by atoms with E-state index in [9.17, 15) is 18.8 Å². The summed E-state index contributed by atoms with van der Waals surface area (Å²) in [5.41, 5.74) is -0.408. The van der Waals surface area contributed by atoms with Crippen LogP contribution in [0.15, 0.2) is 40.2 Å². The smallest absolute Gasteiger partial charge is 0.279 e. The molecule has 0 spiro atoms. The van der Waals surface area contributed by atoms with Crippen molar-refractivity contribution in [3.8, 4) is 5.75 Å². The van der Waals surface area contributed by atoms with Crippen molar-refractivity contribution >= 4 is 23.0 Å². The molecule has 11 heteroatoms. The van der Waals surface area contributed by atoms with Gasteiger partial charge in [0.05, 0.1) is 30.5 Å². The van der Waals surface area contributed by atoms with Crippen LogP contribution < -0.4 is 21.0 Å². The molecular weight excluding hydrogens is 481 g/mol. The zero-order valence-electron chi connectivity index (χ0n) is 19.7. The van der Waals surface area contributed by atoms with E-state index in [1.165, 1.54) is 53.7 Å². The van der Waals surface area contributed by atoms with Crippen LogP contribution in [0, 0.1) is 5.82 Å². The van der Waals surface area contributed by atoms with Gasteiger partial charge in [0, 0.05) is 26.6 Å². The molecule has 9 nitrogen and oxygen atoms in total. The molecule has 3 aromatic rings. The van der Waals surface area contributed by atoms with Crippen molar-refractivity contribution < 1.29 is 23.4 Å². The summed E-state index contributed by atoms with van der Waals surface area (Å²) in [5.74, 6) is -1.41. The number of aromatic nitrogens is 2. The molecule has 2 heterocycles. The average molecular weight is 508 g/mol. The summed E-state index contributed by atoms with van der Waals surface area (Å²) in [6.45, 7) is 2.18. The van der Waals surface area contributed by atoms with Gasteiger partial charge in [-0.05, 0) is 24.1 Å². The highest BCUT2D eigenvalue weighted by molar-refractivity contribution is 6.30. The van der Waals surface area contributed by atoms with Gasteiger partial charge < -0.3 is 28.5 Å². The van der Waals surface area contributed by atoms with Crippen molar-refractivity contribution in [1.29, 1.82) is 0 Å². The predicted molar refractivity (Wildman–Crippen MR) is 129 cm³/mol. The van der Waals surface area contributed by atoms with E-state index in [-0.39, 0.29) is 48.4 Å². The molecule has 0 aliphatic rings. The normalized spacial score (nSPS) is 11.1. The maximum atomic E-state index is 13.6. The standard InChI is InChI=1S/C24H27ClFN3O6/c1-4-5-8-35-22-20-24(32)28(10-15-6-7-19(26)18(25)9-15)11-16(13-34-14-33-3)29(20)12-17(21(22)30)23(31)27-2/h6-7,9,11-12H,4-5,8,10,13-14H2,1-3H3,(H,27,31). The fourth-order valence-corrected chi connectivity index (χ4v) is 3.70. The lowest BCUT2D eigenvalue weighted by atomic mass is 10.2. The van der Waals surface area contributed by atoms with Gasteiger partial charge >= 0.3 is 0 Å². The Morgan fingerprint density at radius 2 is 2.00 bits per heavy atom. The van der Waals surface area contributed by atoms with E-state index >= 15 is 0 Å². The van der Waals surface area contributed by atoms with Crippen LogP contribution >= 0.6 is 11.6 Å². The third kappa shape index (κ3) is 5.90. The van der Waals surface area contributed by atoms with E-state index in [0.717, 1.165) is 6.42 Å². The molecular formula is C24H27ClFN3O6. The van der Waals surface area contributed by atoms with E-state index < -0.39 is 22.7 Å². The van der Waals surface area contributed by atoms with Gasteiger partial charge in [-0.2, -0.15) is 0 Å². The number of carbonyl (C=O) groups is 1. The lowest BCUT2D eigenvalue weighted by Gasteiger charge is -2.18. The van der Waals surface area contributed by atoms with E-state index in [1.807, 2.05) is 6.92 Å². The summed E-state index contributed by atoms with van der Waals surface area (Å²) in [4.78, 5) is 39.2. The second-order valence-electron chi connectivity index (χ2n) is 7.76. The minimum Gasteiger partial charge on any atom is -0.487 e. The zero-order valence-corrected chi connectivity index (χ0v) is 20.5. The Labute approximate surface area is 206 Å². The Morgan fingerprint density at radius 3 is 2.66 bits per heavy atom. The van der Waals surface area contributed by atoms with Crippen LogP contribution in [0.4, 0.5) is 4.39 Å². The van der Waals surface area contributed by atoms with Crippen LogP contribution in [0.25, 0.3) is 5.52 Å². The van der Waals surface area contributed by atoms with Gasteiger partial charge in [-0.25, -0.2) is 4.39 Å². The molecule has 0 unspecified atom stereocenters. The number of nitrogens with zero attached hydrogens (tertiary/aromatic N) is 2. The second kappa shape index (κ2) is 12.0. The predicted octanol–water partition coefficient (Wildman–Crippen LogP) is 2.96. The maximum absolute atomic E-state index is 13.6. The van der Waals surface area contributed by atoms with E-state index in [1.54, 1.807) is 0 Å². The topological polar surface area (TPSA) is 100 Å². The van der Waals surface area contributed by atoms with Crippen LogP contribution in [-0.4, -0.2) is 42.4 Å². The lowest BCUT2D eigenvalue weighted by Crippen LogP contribution is -2.32. The number of benzene rings is 1. The highest BCUT2D eigenvalue weighted by Crippen LogP contribution is 2.19. The molecule has 0 aliphatic heterocycles. The molecule has 188 valence electrons. The quantitative estimate of drug-likeness (QED) is 0.316. The highest BCUT2D eigenvalue weighted by Gasteiger charge is 2.22. The molecule has 1 amide bonds. The average Bonchev–Trinajstić information content (AvgIpc) is 2.84. The first-order valence-corrected chi connectivity index (χ1v) is 11.4. The molecule has 0 atom stereocenters. The lowest BCUT2D eigenvalue weighted by molar-refractivity contribution is -0.0405. The number of hydrogen-bond donors (Lipinski definition) is 1. The number of methoxy groups -OCH3 is 1. The maximum Gasteiger partial charge on any atom is 0.279 e. The van der Waals surface area contributed by atoms with Crippen LogP contribution in [0.1, 0.15) is 41.4 Å². The Kier molecular flexibility index (Phi) is 9.02. The number of fused-ring (bicyclic) bond motifs is 1. The van der Waals surface area contributed by atoms with Crippen molar-refractivity contribution in [3.05, 3.63) is 78.8 Å². The Hall–Kier alpha value is -3.21. The Balaban J connectivity index is 2.28. The molecule has 2 aromatic heterocycles. The summed E-state index contributed by atoms with van der Waals surface area (Å²) in [7, 11) is 2.88. The summed E-state index contributed by atoms with van der Waals surface area (Å²) < 4.78 is 32.6. The molecule has 0 aliphatic carbocycles. The van der Waals surface area contributed by atoms with Crippen LogP contribution in [0.3, 0.4) is 0 Å². The first kappa shape index (κ1) is 26.4. The minimum absolute atomic E-state index is 0.000746. The van der Waals surface area contributed by atoms with Crippen molar-refractivity contribution in [2.75, 3.05) is 27.6 Å². The molecule has 35 heavy (non-hydrogen) atoms. The molecule has 3 rings (SSSR count). The summed E-state index contributed by atoms with van der Waals surface area (Å²) in [6.07, 6.45) is 4.29. The number of carbonyl (C=O) groups excluding carboxylic acids is 1. The Morgan fingerprint density at radius 1 is 1.23 bits per heavy atom. The third-order valence-corrected chi connectivity index (χ3v) is 5.54. The van der Waals surface area contributed by atoms with E-state index in [2.05, 4.69) is 5.32 Å². The van der Waals surface area contributed by atoms with Gasteiger partial charge in [0.2, 0.25) is 5.43 Å². The van der Waals surface area contributed by atoms with E-state index in [4.69, 9.17) is 25.8 Å². The summed E-state index contributed by atoms with van der Waals surface area (Å²) in [5, 5.41) is 2.36. The van der Waals surface area contributed by atoms with Crippen molar-refractivity contribution in [3.63, 3.8) is 0 Å². The molecule has 0 saturated heterocycles. The van der Waals surface area contributed by atoms with E-state index in [0.29, 0.717) is 17.7 Å². The van der Waals surface area contributed by atoms with Gasteiger partial charge in [0.1, 0.15) is 18.2 Å². The number of nitrogens with one attached hydrogen (secondary N) is 1. The van der Waals surface area contributed by atoms with Crippen LogP contribution in [0.2, 0.25) is 5.02 Å². The molecule has 1 N–H and O–H groups in total. The first-order chi connectivity index (χ1) is 16.8. The van der Waals surface area contributed by atoms with Crippen molar-refractivity contribution in [2.45, 2.75) is 32.9 Å². The molecule has 1 aromatic carbocycles. The number of ether oxygens (including phenoxy) is 3. The van der Waals surface area contributed by atoms with Gasteiger partial charge in [-0.15, -0.1) is 0 Å². The second-order valence-corrected chi connectivity index (χ2v) is 8.16. The molecule has 0 bridgehead atoms. The number of halogens is 2. The summed E-state index contributed by atoms with van der Waals surface area (Å²) >= 11 is 5.91. The molecule has 0 radical (unpaired) electrons. The zero-order chi connectivity index (χ0) is 25.5. The number of unbranched alkanes of at least 4 members (excludes halogenated alkanes) is 1. The van der Waals surface area contributed by atoms with Crippen LogP contribution in [0.5, 0.6) is 5.75 Å². The highest BCUT2D eigenvalue weighted by atomic mass is 35.5. The monoisotopic (exact) mass is 507 g/mol.